The number of hydrogen-bond acceptors (Lipinski definition) is 3. The van der Waals surface area contributed by atoms with Gasteiger partial charge < -0.3 is 10.4 Å². The molecule has 5 heteroatoms. The molecule has 0 aliphatic carbocycles. The number of rotatable bonds is 1. The Kier molecular flexibility index (Phi) is 1.36. The average Bonchev–Trinajstić information content (AvgIpc) is 2.49. The van der Waals surface area contributed by atoms with Gasteiger partial charge in [0.2, 0.25) is 0 Å². The van der Waals surface area contributed by atoms with Crippen molar-refractivity contribution in [2.75, 3.05) is 0 Å². The monoisotopic (exact) mass is 165 g/mol. The fraction of sp³-hybridized carbons (Fsp3) is 0.143. The summed E-state index contributed by atoms with van der Waals surface area (Å²) >= 11 is 0. The van der Waals surface area contributed by atoms with Gasteiger partial charge in [-0.1, -0.05) is 0 Å². The molecule has 0 unspecified atom stereocenters. The molecule has 0 bridgehead atoms. The lowest BCUT2D eigenvalue weighted by Gasteiger charge is -2.11. The first-order chi connectivity index (χ1) is 5.77. The van der Waals surface area contributed by atoms with Gasteiger partial charge in [-0.3, -0.25) is 5.10 Å². The highest BCUT2D eigenvalue weighted by atomic mass is 16.4. The molecule has 2 heterocycles. The largest absolute Gasteiger partial charge is 0.477 e. The molecular weight excluding hydrogens is 158 g/mol. The van der Waals surface area contributed by atoms with Crippen LogP contribution in [0.2, 0.25) is 0 Å². The number of fused-ring (bicyclic) bond motifs is 1. The van der Waals surface area contributed by atoms with E-state index in [9.17, 15) is 4.79 Å². The van der Waals surface area contributed by atoms with Gasteiger partial charge in [-0.05, 0) is 6.08 Å². The first-order valence-electron chi connectivity index (χ1n) is 3.48. The van der Waals surface area contributed by atoms with E-state index >= 15 is 0 Å². The zero-order valence-electron chi connectivity index (χ0n) is 6.16. The fourth-order valence-corrected chi connectivity index (χ4v) is 1.11. The molecule has 3 N–H and O–H groups in total. The van der Waals surface area contributed by atoms with Crippen LogP contribution in [0.1, 0.15) is 11.3 Å². The molecule has 2 rings (SSSR count). The first-order valence-corrected chi connectivity index (χ1v) is 3.48. The van der Waals surface area contributed by atoms with Crippen molar-refractivity contribution in [1.29, 1.82) is 0 Å². The highest BCUT2D eigenvalue weighted by Gasteiger charge is 2.14. The van der Waals surface area contributed by atoms with Crippen LogP contribution in [0.4, 0.5) is 0 Å². The van der Waals surface area contributed by atoms with Crippen LogP contribution in [0.5, 0.6) is 0 Å². The van der Waals surface area contributed by atoms with Crippen LogP contribution in [0.15, 0.2) is 11.9 Å². The lowest BCUT2D eigenvalue weighted by molar-refractivity contribution is -0.133. The summed E-state index contributed by atoms with van der Waals surface area (Å²) < 4.78 is 0. The minimum Gasteiger partial charge on any atom is -0.477 e. The number of H-pyrrole nitrogens is 1. The zero-order chi connectivity index (χ0) is 8.55. The molecule has 0 fully saturated rings. The van der Waals surface area contributed by atoms with Gasteiger partial charge in [0.25, 0.3) is 0 Å². The Hall–Kier alpha value is -1.78. The second-order valence-electron chi connectivity index (χ2n) is 2.53. The molecule has 1 aromatic heterocycles. The second kappa shape index (κ2) is 2.37. The predicted molar refractivity (Wildman–Crippen MR) is 41.0 cm³/mol. The van der Waals surface area contributed by atoms with Crippen LogP contribution in [0.3, 0.4) is 0 Å². The van der Waals surface area contributed by atoms with E-state index in [1.807, 2.05) is 0 Å². The lowest BCUT2D eigenvalue weighted by Crippen LogP contribution is -2.22. The number of aromatic amines is 1. The molecule has 0 aromatic carbocycles. The third-order valence-electron chi connectivity index (χ3n) is 1.74. The maximum absolute atomic E-state index is 10.5. The van der Waals surface area contributed by atoms with Crippen LogP contribution in [-0.2, 0) is 11.3 Å². The topological polar surface area (TPSA) is 78.0 Å². The fourth-order valence-electron chi connectivity index (χ4n) is 1.11. The lowest BCUT2D eigenvalue weighted by atomic mass is 10.1. The van der Waals surface area contributed by atoms with E-state index in [1.54, 1.807) is 6.20 Å². The number of nitrogens with zero attached hydrogens (tertiary/aromatic N) is 1. The van der Waals surface area contributed by atoms with Crippen molar-refractivity contribution in [3.63, 3.8) is 0 Å². The number of carbonyl (C=O) groups is 1. The van der Waals surface area contributed by atoms with E-state index in [0.717, 1.165) is 11.3 Å². The van der Waals surface area contributed by atoms with Crippen molar-refractivity contribution >= 4 is 12.0 Å². The van der Waals surface area contributed by atoms with E-state index in [2.05, 4.69) is 15.5 Å². The highest BCUT2D eigenvalue weighted by molar-refractivity contribution is 5.91. The first kappa shape index (κ1) is 6.90. The zero-order valence-corrected chi connectivity index (χ0v) is 6.16. The van der Waals surface area contributed by atoms with Crippen molar-refractivity contribution < 1.29 is 9.90 Å². The van der Waals surface area contributed by atoms with Crippen molar-refractivity contribution in [1.82, 2.24) is 15.5 Å². The Bertz CT molecular complexity index is 353. The third kappa shape index (κ3) is 0.952. The second-order valence-corrected chi connectivity index (χ2v) is 2.53. The van der Waals surface area contributed by atoms with E-state index in [1.165, 1.54) is 6.08 Å². The summed E-state index contributed by atoms with van der Waals surface area (Å²) in [4.78, 5) is 10.5. The van der Waals surface area contributed by atoms with Gasteiger partial charge in [-0.25, -0.2) is 4.79 Å². The van der Waals surface area contributed by atoms with Gasteiger partial charge in [-0.2, -0.15) is 5.10 Å². The van der Waals surface area contributed by atoms with Gasteiger partial charge in [0.1, 0.15) is 5.70 Å². The van der Waals surface area contributed by atoms with Crippen molar-refractivity contribution in [2.24, 2.45) is 0 Å². The summed E-state index contributed by atoms with van der Waals surface area (Å²) in [6.45, 7) is 0.518. The SMILES string of the molecule is O=C(O)C1=Cc2[nH]ncc2CN1. The number of hydrogen-bond donors (Lipinski definition) is 3. The number of aliphatic carboxylic acids is 1. The summed E-state index contributed by atoms with van der Waals surface area (Å²) in [6, 6.07) is 0. The molecule has 0 amide bonds. The predicted octanol–water partition coefficient (Wildman–Crippen LogP) is -0.0616. The molecular formula is C7H7N3O2. The summed E-state index contributed by atoms with van der Waals surface area (Å²) in [5.41, 5.74) is 1.96. The molecule has 5 nitrogen and oxygen atoms in total. The molecule has 0 radical (unpaired) electrons. The summed E-state index contributed by atoms with van der Waals surface area (Å²) in [7, 11) is 0. The quantitative estimate of drug-likeness (QED) is 0.544. The Morgan fingerprint density at radius 1 is 1.67 bits per heavy atom. The van der Waals surface area contributed by atoms with Gasteiger partial charge >= 0.3 is 5.97 Å². The van der Waals surface area contributed by atoms with E-state index in [-0.39, 0.29) is 5.70 Å². The van der Waals surface area contributed by atoms with Crippen LogP contribution < -0.4 is 5.32 Å². The Labute approximate surface area is 68.1 Å². The van der Waals surface area contributed by atoms with Gasteiger partial charge in [0.05, 0.1) is 11.9 Å². The smallest absolute Gasteiger partial charge is 0.352 e. The number of nitrogens with one attached hydrogen (secondary N) is 2. The maximum atomic E-state index is 10.5. The van der Waals surface area contributed by atoms with E-state index in [4.69, 9.17) is 5.11 Å². The third-order valence-corrected chi connectivity index (χ3v) is 1.74. The maximum Gasteiger partial charge on any atom is 0.352 e. The summed E-state index contributed by atoms with van der Waals surface area (Å²) in [5.74, 6) is -0.949. The van der Waals surface area contributed by atoms with Crippen LogP contribution in [-0.4, -0.2) is 21.3 Å². The molecule has 1 aliphatic rings. The van der Waals surface area contributed by atoms with E-state index < -0.39 is 5.97 Å². The van der Waals surface area contributed by atoms with Gasteiger partial charge in [0, 0.05) is 12.1 Å². The molecule has 62 valence electrons. The molecule has 0 saturated heterocycles. The van der Waals surface area contributed by atoms with Crippen LogP contribution >= 0.6 is 0 Å². The minimum atomic E-state index is -0.949. The number of aromatic nitrogens is 2. The highest BCUT2D eigenvalue weighted by Crippen LogP contribution is 2.13. The summed E-state index contributed by atoms with van der Waals surface area (Å²) in [5, 5.41) is 17.9. The minimum absolute atomic E-state index is 0.201. The molecule has 0 atom stereocenters. The number of carboxylic acid groups (broad SMARTS) is 1. The summed E-state index contributed by atoms with van der Waals surface area (Å²) in [6.07, 6.45) is 3.21. The van der Waals surface area contributed by atoms with Crippen molar-refractivity contribution in [2.45, 2.75) is 6.54 Å². The average molecular weight is 165 g/mol. The Balaban J connectivity index is 2.41. The van der Waals surface area contributed by atoms with Crippen molar-refractivity contribution in [3.8, 4) is 0 Å². The molecule has 0 saturated carbocycles. The van der Waals surface area contributed by atoms with Crippen LogP contribution in [0.25, 0.3) is 6.08 Å². The molecule has 1 aliphatic heterocycles. The van der Waals surface area contributed by atoms with Crippen LogP contribution in [0, 0.1) is 0 Å². The standard InChI is InChI=1S/C7H7N3O2/c11-7(12)6-1-5-4(2-8-6)3-9-10-5/h1,3,8H,2H2,(H,9,10)(H,11,12). The van der Waals surface area contributed by atoms with Crippen molar-refractivity contribution in [3.05, 3.63) is 23.2 Å². The Morgan fingerprint density at radius 2 is 2.50 bits per heavy atom. The molecule has 12 heavy (non-hydrogen) atoms. The van der Waals surface area contributed by atoms with Gasteiger partial charge in [0.15, 0.2) is 0 Å². The normalized spacial score (nSPS) is 14.5. The van der Waals surface area contributed by atoms with Gasteiger partial charge in [-0.15, -0.1) is 0 Å². The molecule has 0 spiro atoms. The van der Waals surface area contributed by atoms with E-state index in [0.29, 0.717) is 6.54 Å². The number of carboxylic acids is 1. The molecule has 1 aromatic rings. The Morgan fingerprint density at radius 3 is 3.25 bits per heavy atom.